The number of aromatic nitrogens is 2. The van der Waals surface area contributed by atoms with Gasteiger partial charge in [0.05, 0.1) is 11.7 Å². The Bertz CT molecular complexity index is 638. The fraction of sp³-hybridized carbons (Fsp3) is 0.412. The van der Waals surface area contributed by atoms with Crippen molar-refractivity contribution >= 4 is 11.6 Å². The van der Waals surface area contributed by atoms with Crippen molar-refractivity contribution in [3.8, 4) is 0 Å². The molecule has 21 heavy (non-hydrogen) atoms. The molecule has 1 N–H and O–H groups in total. The van der Waals surface area contributed by atoms with Gasteiger partial charge < -0.3 is 5.32 Å². The molecule has 0 unspecified atom stereocenters. The number of nitrogens with zero attached hydrogens (tertiary/aromatic N) is 2. The first-order chi connectivity index (χ1) is 9.85. The minimum absolute atomic E-state index is 0.0139. The third-order valence-electron chi connectivity index (χ3n) is 3.45. The predicted octanol–water partition coefficient (Wildman–Crippen LogP) is 3.71. The van der Waals surface area contributed by atoms with E-state index in [4.69, 9.17) is 0 Å². The minimum Gasteiger partial charge on any atom is -0.326 e. The number of amides is 1. The molecule has 0 aliphatic rings. The van der Waals surface area contributed by atoms with Gasteiger partial charge in [-0.05, 0) is 63.9 Å². The molecule has 4 nitrogen and oxygen atoms in total. The highest BCUT2D eigenvalue weighted by Crippen LogP contribution is 2.17. The lowest BCUT2D eigenvalue weighted by Gasteiger charge is -2.14. The third kappa shape index (κ3) is 3.94. The number of carbonyl (C=O) groups is 1. The molecule has 1 aromatic carbocycles. The van der Waals surface area contributed by atoms with E-state index in [-0.39, 0.29) is 11.9 Å². The van der Waals surface area contributed by atoms with Gasteiger partial charge in [-0.15, -0.1) is 0 Å². The van der Waals surface area contributed by atoms with E-state index in [2.05, 4.69) is 16.5 Å². The largest absolute Gasteiger partial charge is 0.326 e. The fourth-order valence-corrected chi connectivity index (χ4v) is 2.71. The van der Waals surface area contributed by atoms with E-state index >= 15 is 0 Å². The lowest BCUT2D eigenvalue weighted by molar-refractivity contribution is -0.116. The summed E-state index contributed by atoms with van der Waals surface area (Å²) >= 11 is 0. The predicted molar refractivity (Wildman–Crippen MR) is 85.6 cm³/mol. The van der Waals surface area contributed by atoms with Gasteiger partial charge in [-0.3, -0.25) is 9.48 Å². The van der Waals surface area contributed by atoms with Crippen LogP contribution in [0.3, 0.4) is 0 Å². The van der Waals surface area contributed by atoms with E-state index in [9.17, 15) is 4.79 Å². The summed E-state index contributed by atoms with van der Waals surface area (Å²) in [5.41, 5.74) is 5.22. The number of benzene rings is 1. The van der Waals surface area contributed by atoms with E-state index in [0.717, 1.165) is 28.2 Å². The molecule has 0 aliphatic heterocycles. The number of aryl methyl sites for hydroxylation is 4. The molecule has 4 heteroatoms. The first-order valence-corrected chi connectivity index (χ1v) is 7.26. The first-order valence-electron chi connectivity index (χ1n) is 7.26. The van der Waals surface area contributed by atoms with Crippen LogP contribution in [0.15, 0.2) is 24.3 Å². The van der Waals surface area contributed by atoms with Crippen LogP contribution in [0.2, 0.25) is 0 Å². The maximum absolute atomic E-state index is 12.2. The Morgan fingerprint density at radius 1 is 1.14 bits per heavy atom. The average molecular weight is 285 g/mol. The van der Waals surface area contributed by atoms with E-state index in [1.54, 1.807) is 0 Å². The Labute approximate surface area is 126 Å². The summed E-state index contributed by atoms with van der Waals surface area (Å²) < 4.78 is 1.91. The zero-order chi connectivity index (χ0) is 15.6. The van der Waals surface area contributed by atoms with Crippen molar-refractivity contribution in [3.05, 3.63) is 46.8 Å². The van der Waals surface area contributed by atoms with Gasteiger partial charge in [0.25, 0.3) is 0 Å². The number of carbonyl (C=O) groups excluding carboxylic acids is 1. The number of rotatable bonds is 4. The second kappa shape index (κ2) is 6.12. The second-order valence-electron chi connectivity index (χ2n) is 5.85. The molecule has 0 radical (unpaired) electrons. The smallest absolute Gasteiger partial charge is 0.226 e. The minimum atomic E-state index is 0.0139. The molecule has 1 heterocycles. The molecule has 2 rings (SSSR count). The monoisotopic (exact) mass is 285 g/mol. The molecule has 0 saturated carbocycles. The number of anilines is 1. The highest BCUT2D eigenvalue weighted by molar-refractivity contribution is 5.91. The Balaban J connectivity index is 2.03. The number of hydrogen-bond acceptors (Lipinski definition) is 2. The van der Waals surface area contributed by atoms with Crippen LogP contribution in [0.5, 0.6) is 0 Å². The quantitative estimate of drug-likeness (QED) is 0.931. The molecule has 0 bridgehead atoms. The molecule has 1 aromatic heterocycles. The highest BCUT2D eigenvalue weighted by Gasteiger charge is 2.14. The lowest BCUT2D eigenvalue weighted by Crippen LogP contribution is -2.19. The zero-order valence-electron chi connectivity index (χ0n) is 13.4. The van der Waals surface area contributed by atoms with E-state index in [1.807, 2.05) is 57.5 Å². The van der Waals surface area contributed by atoms with E-state index in [1.165, 1.54) is 0 Å². The normalized spacial score (nSPS) is 12.2. The van der Waals surface area contributed by atoms with Gasteiger partial charge in [0.2, 0.25) is 5.91 Å². The van der Waals surface area contributed by atoms with Gasteiger partial charge >= 0.3 is 0 Å². The summed E-state index contributed by atoms with van der Waals surface area (Å²) in [6, 6.07) is 8.13. The average Bonchev–Trinajstić information content (AvgIpc) is 2.66. The van der Waals surface area contributed by atoms with Gasteiger partial charge in [-0.2, -0.15) is 5.10 Å². The summed E-state index contributed by atoms with van der Waals surface area (Å²) in [5.74, 6) is 0.0139. The maximum atomic E-state index is 12.2. The Morgan fingerprint density at radius 3 is 2.29 bits per heavy atom. The Kier molecular flexibility index (Phi) is 4.46. The molecule has 112 valence electrons. The van der Waals surface area contributed by atoms with Crippen LogP contribution in [0.1, 0.15) is 41.9 Å². The number of nitrogens with one attached hydrogen (secondary N) is 1. The van der Waals surface area contributed by atoms with Gasteiger partial charge in [0.15, 0.2) is 0 Å². The van der Waals surface area contributed by atoms with Crippen molar-refractivity contribution in [2.75, 3.05) is 5.32 Å². The van der Waals surface area contributed by atoms with Crippen LogP contribution >= 0.6 is 0 Å². The molecule has 1 atom stereocenters. The van der Waals surface area contributed by atoms with Crippen molar-refractivity contribution < 1.29 is 4.79 Å². The second-order valence-corrected chi connectivity index (χ2v) is 5.85. The lowest BCUT2D eigenvalue weighted by atomic mass is 10.1. The summed E-state index contributed by atoms with van der Waals surface area (Å²) in [5, 5.41) is 7.41. The van der Waals surface area contributed by atoms with Crippen molar-refractivity contribution in [2.24, 2.45) is 0 Å². The zero-order valence-corrected chi connectivity index (χ0v) is 13.4. The van der Waals surface area contributed by atoms with Crippen molar-refractivity contribution in [1.29, 1.82) is 0 Å². The van der Waals surface area contributed by atoms with Crippen molar-refractivity contribution in [3.63, 3.8) is 0 Å². The Hall–Kier alpha value is -2.10. The third-order valence-corrected chi connectivity index (χ3v) is 3.45. The van der Waals surface area contributed by atoms with Crippen LogP contribution in [0, 0.1) is 27.7 Å². The molecule has 0 saturated heterocycles. The van der Waals surface area contributed by atoms with Crippen molar-refractivity contribution in [2.45, 2.75) is 47.1 Å². The molecular formula is C17H23N3O. The molecule has 0 aliphatic carbocycles. The Morgan fingerprint density at radius 2 is 1.76 bits per heavy atom. The SMILES string of the molecule is Cc1cc(C)cc(NC(=O)C[C@H](C)n2nc(C)cc2C)c1. The standard InChI is InChI=1S/C17H23N3O/c1-11-6-12(2)8-16(7-11)18-17(21)10-15(5)20-14(4)9-13(3)19-20/h6-9,15H,10H2,1-5H3,(H,18,21)/t15-/m0/s1. The van der Waals surface area contributed by atoms with Gasteiger partial charge in [0.1, 0.15) is 0 Å². The molecule has 2 aromatic rings. The van der Waals surface area contributed by atoms with Crippen molar-refractivity contribution in [1.82, 2.24) is 9.78 Å². The van der Waals surface area contributed by atoms with Crippen LogP contribution in [0.25, 0.3) is 0 Å². The number of hydrogen-bond donors (Lipinski definition) is 1. The summed E-state index contributed by atoms with van der Waals surface area (Å²) in [6.07, 6.45) is 0.412. The molecule has 1 amide bonds. The first kappa shape index (κ1) is 15.3. The van der Waals surface area contributed by atoms with Gasteiger partial charge in [0, 0.05) is 17.8 Å². The van der Waals surface area contributed by atoms with Crippen LogP contribution in [-0.4, -0.2) is 15.7 Å². The molecule has 0 fully saturated rings. The summed E-state index contributed by atoms with van der Waals surface area (Å²) in [6.45, 7) is 10.0. The maximum Gasteiger partial charge on any atom is 0.226 e. The van der Waals surface area contributed by atoms with Gasteiger partial charge in [-0.25, -0.2) is 0 Å². The highest BCUT2D eigenvalue weighted by atomic mass is 16.1. The molecule has 0 spiro atoms. The van der Waals surface area contributed by atoms with E-state index in [0.29, 0.717) is 6.42 Å². The van der Waals surface area contributed by atoms with Crippen LogP contribution in [0.4, 0.5) is 5.69 Å². The topological polar surface area (TPSA) is 46.9 Å². The van der Waals surface area contributed by atoms with Gasteiger partial charge in [-0.1, -0.05) is 6.07 Å². The summed E-state index contributed by atoms with van der Waals surface area (Å²) in [4.78, 5) is 12.2. The van der Waals surface area contributed by atoms with Crippen LogP contribution < -0.4 is 5.32 Å². The fourth-order valence-electron chi connectivity index (χ4n) is 2.71. The molecular weight excluding hydrogens is 262 g/mol. The summed E-state index contributed by atoms with van der Waals surface area (Å²) in [7, 11) is 0. The van der Waals surface area contributed by atoms with Crippen LogP contribution in [-0.2, 0) is 4.79 Å². The van der Waals surface area contributed by atoms with E-state index < -0.39 is 0 Å².